The summed E-state index contributed by atoms with van der Waals surface area (Å²) in [5, 5.41) is 18.7. The lowest BCUT2D eigenvalue weighted by Crippen LogP contribution is -2.34. The molecule has 8 nitrogen and oxygen atoms in total. The lowest BCUT2D eigenvalue weighted by molar-refractivity contribution is -0.384. The van der Waals surface area contributed by atoms with Crippen molar-refractivity contribution in [2.24, 2.45) is 7.05 Å². The van der Waals surface area contributed by atoms with Crippen molar-refractivity contribution in [3.8, 4) is 0 Å². The zero-order chi connectivity index (χ0) is 17.4. The number of carbonyl (C=O) groups is 1. The van der Waals surface area contributed by atoms with E-state index in [4.69, 9.17) is 11.6 Å². The summed E-state index contributed by atoms with van der Waals surface area (Å²) in [4.78, 5) is 24.9. The van der Waals surface area contributed by atoms with Crippen LogP contribution in [0.4, 0.5) is 17.2 Å². The standard InChI is InChI=1S/C15H16ClN5O3/c1-9-7-14(19(2)18-9)20-6-5-12(15(20)22)17-11-4-3-10(16)8-13(11)21(23)24/h3-4,7-8,12,17H,5-6H2,1-2H3. The summed E-state index contributed by atoms with van der Waals surface area (Å²) >= 11 is 5.81. The van der Waals surface area contributed by atoms with Crippen molar-refractivity contribution >= 4 is 34.7 Å². The van der Waals surface area contributed by atoms with Crippen LogP contribution >= 0.6 is 11.6 Å². The monoisotopic (exact) mass is 349 g/mol. The number of rotatable bonds is 4. The van der Waals surface area contributed by atoms with Crippen LogP contribution in [0.25, 0.3) is 0 Å². The first kappa shape index (κ1) is 16.3. The molecule has 0 bridgehead atoms. The normalized spacial score (nSPS) is 17.4. The average Bonchev–Trinajstić information content (AvgIpc) is 3.03. The summed E-state index contributed by atoms with van der Waals surface area (Å²) < 4.78 is 1.65. The third kappa shape index (κ3) is 2.92. The maximum absolute atomic E-state index is 12.6. The number of nitrogens with one attached hydrogen (secondary N) is 1. The van der Waals surface area contributed by atoms with E-state index in [9.17, 15) is 14.9 Å². The summed E-state index contributed by atoms with van der Waals surface area (Å²) in [7, 11) is 1.78. The van der Waals surface area contributed by atoms with Crippen LogP contribution in [0.15, 0.2) is 24.3 Å². The van der Waals surface area contributed by atoms with Gasteiger partial charge < -0.3 is 5.32 Å². The molecule has 0 aliphatic carbocycles. The lowest BCUT2D eigenvalue weighted by atomic mass is 10.2. The summed E-state index contributed by atoms with van der Waals surface area (Å²) in [6.07, 6.45) is 0.544. The summed E-state index contributed by atoms with van der Waals surface area (Å²) in [5.74, 6) is 0.578. The van der Waals surface area contributed by atoms with Gasteiger partial charge in [0.05, 0.1) is 10.6 Å². The maximum atomic E-state index is 12.6. The van der Waals surface area contributed by atoms with Crippen molar-refractivity contribution in [2.75, 3.05) is 16.8 Å². The Morgan fingerprint density at radius 2 is 2.17 bits per heavy atom. The number of amides is 1. The van der Waals surface area contributed by atoms with Gasteiger partial charge in [0.1, 0.15) is 17.5 Å². The highest BCUT2D eigenvalue weighted by molar-refractivity contribution is 6.30. The molecule has 1 amide bonds. The first-order chi connectivity index (χ1) is 11.4. The quantitative estimate of drug-likeness (QED) is 0.676. The van der Waals surface area contributed by atoms with E-state index in [0.29, 0.717) is 18.8 Å². The molecule has 9 heteroatoms. The number of hydrogen-bond donors (Lipinski definition) is 1. The molecule has 0 saturated carbocycles. The molecule has 2 heterocycles. The van der Waals surface area contributed by atoms with Gasteiger partial charge in [0.2, 0.25) is 0 Å². The van der Waals surface area contributed by atoms with Crippen molar-refractivity contribution in [1.82, 2.24) is 9.78 Å². The molecule has 1 saturated heterocycles. The molecule has 126 valence electrons. The Labute approximate surface area is 143 Å². The van der Waals surface area contributed by atoms with Crippen LogP contribution in [0.3, 0.4) is 0 Å². The van der Waals surface area contributed by atoms with Gasteiger partial charge in [-0.25, -0.2) is 0 Å². The van der Waals surface area contributed by atoms with Gasteiger partial charge in [-0.3, -0.25) is 24.5 Å². The van der Waals surface area contributed by atoms with Gasteiger partial charge in [-0.1, -0.05) is 11.6 Å². The lowest BCUT2D eigenvalue weighted by Gasteiger charge is -2.17. The Hall–Kier alpha value is -2.61. The van der Waals surface area contributed by atoms with Crippen LogP contribution in [0, 0.1) is 17.0 Å². The molecule has 1 aliphatic rings. The Morgan fingerprint density at radius 1 is 1.42 bits per heavy atom. The van der Waals surface area contributed by atoms with E-state index in [1.807, 2.05) is 13.0 Å². The molecule has 0 radical (unpaired) electrons. The van der Waals surface area contributed by atoms with Crippen LogP contribution in [0.5, 0.6) is 0 Å². The van der Waals surface area contributed by atoms with E-state index in [1.165, 1.54) is 12.1 Å². The van der Waals surface area contributed by atoms with Crippen LogP contribution in [0.2, 0.25) is 5.02 Å². The Morgan fingerprint density at radius 3 is 2.79 bits per heavy atom. The van der Waals surface area contributed by atoms with Gasteiger partial charge in [0, 0.05) is 30.7 Å². The fourth-order valence-corrected chi connectivity index (χ4v) is 3.02. The number of halogens is 1. The minimum Gasteiger partial charge on any atom is -0.368 e. The molecule has 1 atom stereocenters. The largest absolute Gasteiger partial charge is 0.368 e. The molecule has 1 unspecified atom stereocenters. The molecule has 1 N–H and O–H groups in total. The number of benzene rings is 1. The van der Waals surface area contributed by atoms with Gasteiger partial charge in [0.25, 0.3) is 11.6 Å². The number of nitrogens with zero attached hydrogens (tertiary/aromatic N) is 4. The van der Waals surface area contributed by atoms with Crippen molar-refractivity contribution in [3.63, 3.8) is 0 Å². The molecular formula is C15H16ClN5O3. The van der Waals surface area contributed by atoms with Crippen LogP contribution in [0.1, 0.15) is 12.1 Å². The molecule has 1 aromatic heterocycles. The second kappa shape index (κ2) is 6.12. The number of hydrogen-bond acceptors (Lipinski definition) is 5. The molecule has 3 rings (SSSR count). The van der Waals surface area contributed by atoms with Crippen LogP contribution in [-0.4, -0.2) is 33.2 Å². The van der Waals surface area contributed by atoms with E-state index >= 15 is 0 Å². The number of aryl methyl sites for hydroxylation is 2. The highest BCUT2D eigenvalue weighted by atomic mass is 35.5. The molecule has 1 fully saturated rings. The van der Waals surface area contributed by atoms with E-state index < -0.39 is 11.0 Å². The van der Waals surface area contributed by atoms with Crippen molar-refractivity contribution < 1.29 is 9.72 Å². The third-order valence-electron chi connectivity index (χ3n) is 3.95. The van der Waals surface area contributed by atoms with E-state index in [2.05, 4.69) is 10.4 Å². The zero-order valence-corrected chi connectivity index (χ0v) is 13.9. The van der Waals surface area contributed by atoms with Crippen molar-refractivity contribution in [1.29, 1.82) is 0 Å². The zero-order valence-electron chi connectivity index (χ0n) is 13.2. The van der Waals surface area contributed by atoms with Crippen molar-refractivity contribution in [2.45, 2.75) is 19.4 Å². The first-order valence-corrected chi connectivity index (χ1v) is 7.77. The molecule has 1 aliphatic heterocycles. The second-order valence-electron chi connectivity index (χ2n) is 5.66. The van der Waals surface area contributed by atoms with Crippen LogP contribution in [-0.2, 0) is 11.8 Å². The number of aromatic nitrogens is 2. The smallest absolute Gasteiger partial charge is 0.293 e. The summed E-state index contributed by atoms with van der Waals surface area (Å²) in [5.41, 5.74) is 0.959. The number of carbonyl (C=O) groups excluding carboxylic acids is 1. The minimum atomic E-state index is -0.528. The van der Waals surface area contributed by atoms with Gasteiger partial charge >= 0.3 is 0 Å². The topological polar surface area (TPSA) is 93.3 Å². The first-order valence-electron chi connectivity index (χ1n) is 7.39. The van der Waals surface area contributed by atoms with E-state index in [-0.39, 0.29) is 22.3 Å². The molecule has 1 aromatic carbocycles. The van der Waals surface area contributed by atoms with Gasteiger partial charge in [0.15, 0.2) is 0 Å². The number of nitro groups is 1. The SMILES string of the molecule is Cc1cc(N2CCC(Nc3ccc(Cl)cc3[N+](=O)[O-])C2=O)n(C)n1. The maximum Gasteiger partial charge on any atom is 0.293 e. The van der Waals surface area contributed by atoms with Crippen molar-refractivity contribution in [3.05, 3.63) is 45.1 Å². The fourth-order valence-electron chi connectivity index (χ4n) is 2.86. The minimum absolute atomic E-state index is 0.137. The highest BCUT2D eigenvalue weighted by Crippen LogP contribution is 2.30. The Kier molecular flexibility index (Phi) is 4.15. The third-order valence-corrected chi connectivity index (χ3v) is 4.18. The Bertz CT molecular complexity index is 819. The van der Waals surface area contributed by atoms with Gasteiger partial charge in [-0.05, 0) is 25.5 Å². The predicted molar refractivity (Wildman–Crippen MR) is 90.4 cm³/mol. The van der Waals surface area contributed by atoms with Gasteiger partial charge in [-0.2, -0.15) is 5.10 Å². The van der Waals surface area contributed by atoms with E-state index in [1.54, 1.807) is 22.7 Å². The predicted octanol–water partition coefficient (Wildman–Crippen LogP) is 2.51. The second-order valence-corrected chi connectivity index (χ2v) is 6.10. The van der Waals surface area contributed by atoms with E-state index in [0.717, 1.165) is 5.69 Å². The summed E-state index contributed by atoms with van der Waals surface area (Å²) in [6, 6.07) is 5.65. The Balaban J connectivity index is 1.82. The number of anilines is 2. The summed E-state index contributed by atoms with van der Waals surface area (Å²) in [6.45, 7) is 2.38. The molecule has 2 aromatic rings. The molecule has 24 heavy (non-hydrogen) atoms. The average molecular weight is 350 g/mol. The van der Waals surface area contributed by atoms with Crippen LogP contribution < -0.4 is 10.2 Å². The number of nitro benzene ring substituents is 1. The van der Waals surface area contributed by atoms with Gasteiger partial charge in [-0.15, -0.1) is 0 Å². The highest BCUT2D eigenvalue weighted by Gasteiger charge is 2.35. The molecule has 0 spiro atoms. The fraction of sp³-hybridized carbons (Fsp3) is 0.333. The molecular weight excluding hydrogens is 334 g/mol.